The molecule has 7 heteroatoms. The molecule has 1 aromatic heterocycles. The SMILES string of the molecule is CCc1cccc(CC)c1NC(=O)CSc1nnc(-c2ccc(N(C)C)cc2)n1CC. The van der Waals surface area contributed by atoms with Crippen LogP contribution in [-0.4, -0.2) is 40.5 Å². The largest absolute Gasteiger partial charge is 0.378 e. The molecule has 31 heavy (non-hydrogen) atoms. The minimum absolute atomic E-state index is 0.0249. The Bertz CT molecular complexity index is 1000. The molecule has 0 spiro atoms. The van der Waals surface area contributed by atoms with Crippen LogP contribution in [0.25, 0.3) is 11.4 Å². The standard InChI is InChI=1S/C24H31N5OS/c1-6-17-10-9-11-18(7-2)22(17)25-21(30)16-31-24-27-26-23(29(24)8-3)19-12-14-20(15-13-19)28(4)5/h9-15H,6-8,16H2,1-5H3,(H,25,30). The monoisotopic (exact) mass is 437 g/mol. The summed E-state index contributed by atoms with van der Waals surface area (Å²) in [6.45, 7) is 7.02. The van der Waals surface area contributed by atoms with E-state index in [1.807, 2.05) is 14.1 Å². The second-order valence-electron chi connectivity index (χ2n) is 7.49. The lowest BCUT2D eigenvalue weighted by Gasteiger charge is -2.14. The van der Waals surface area contributed by atoms with Crippen molar-refractivity contribution in [3.63, 3.8) is 0 Å². The summed E-state index contributed by atoms with van der Waals surface area (Å²) in [6.07, 6.45) is 1.77. The molecule has 164 valence electrons. The molecule has 0 aliphatic carbocycles. The van der Waals surface area contributed by atoms with E-state index in [4.69, 9.17) is 0 Å². The van der Waals surface area contributed by atoms with Gasteiger partial charge in [-0.15, -0.1) is 10.2 Å². The predicted molar refractivity (Wildman–Crippen MR) is 130 cm³/mol. The number of rotatable bonds is 9. The average Bonchev–Trinajstić information content (AvgIpc) is 3.20. The Kier molecular flexibility index (Phi) is 7.74. The van der Waals surface area contributed by atoms with Gasteiger partial charge in [-0.1, -0.05) is 43.8 Å². The van der Waals surface area contributed by atoms with Gasteiger partial charge >= 0.3 is 0 Å². The van der Waals surface area contributed by atoms with Crippen LogP contribution in [0.5, 0.6) is 0 Å². The van der Waals surface area contributed by atoms with E-state index in [9.17, 15) is 4.79 Å². The second kappa shape index (κ2) is 10.5. The van der Waals surface area contributed by atoms with Crippen molar-refractivity contribution in [3.05, 3.63) is 53.6 Å². The highest BCUT2D eigenvalue weighted by molar-refractivity contribution is 7.99. The quantitative estimate of drug-likeness (QED) is 0.483. The van der Waals surface area contributed by atoms with Crippen molar-refractivity contribution < 1.29 is 4.79 Å². The molecule has 0 saturated carbocycles. The number of para-hydroxylation sites is 1. The lowest BCUT2D eigenvalue weighted by atomic mass is 10.0. The normalized spacial score (nSPS) is 10.9. The van der Waals surface area contributed by atoms with E-state index in [1.54, 1.807) is 0 Å². The highest BCUT2D eigenvalue weighted by Gasteiger charge is 2.16. The number of carbonyl (C=O) groups excluding carboxylic acids is 1. The first-order chi connectivity index (χ1) is 15.0. The van der Waals surface area contributed by atoms with Gasteiger partial charge in [0.25, 0.3) is 0 Å². The van der Waals surface area contributed by atoms with E-state index in [-0.39, 0.29) is 5.91 Å². The van der Waals surface area contributed by atoms with E-state index < -0.39 is 0 Å². The van der Waals surface area contributed by atoms with Crippen LogP contribution in [0.15, 0.2) is 47.6 Å². The third-order valence-electron chi connectivity index (χ3n) is 5.27. The molecule has 2 aromatic carbocycles. The van der Waals surface area contributed by atoms with Crippen LogP contribution in [0.4, 0.5) is 11.4 Å². The van der Waals surface area contributed by atoms with Crippen molar-refractivity contribution in [1.29, 1.82) is 0 Å². The van der Waals surface area contributed by atoms with Gasteiger partial charge in [-0.3, -0.25) is 4.79 Å². The smallest absolute Gasteiger partial charge is 0.234 e. The molecule has 6 nitrogen and oxygen atoms in total. The van der Waals surface area contributed by atoms with Gasteiger partial charge in [-0.05, 0) is 55.2 Å². The van der Waals surface area contributed by atoms with Gasteiger partial charge in [0.15, 0.2) is 11.0 Å². The van der Waals surface area contributed by atoms with Crippen molar-refractivity contribution in [2.75, 3.05) is 30.1 Å². The number of anilines is 2. The number of amides is 1. The summed E-state index contributed by atoms with van der Waals surface area (Å²) in [6, 6.07) is 14.5. The Morgan fingerprint density at radius 3 is 2.19 bits per heavy atom. The minimum Gasteiger partial charge on any atom is -0.378 e. The van der Waals surface area contributed by atoms with Crippen molar-refractivity contribution in [2.45, 2.75) is 45.3 Å². The molecule has 1 amide bonds. The Hall–Kier alpha value is -2.80. The van der Waals surface area contributed by atoms with Crippen molar-refractivity contribution >= 4 is 29.0 Å². The minimum atomic E-state index is -0.0249. The van der Waals surface area contributed by atoms with Crippen LogP contribution in [0.2, 0.25) is 0 Å². The fraction of sp³-hybridized carbons (Fsp3) is 0.375. The number of hydrogen-bond donors (Lipinski definition) is 1. The summed E-state index contributed by atoms with van der Waals surface area (Å²) in [5.41, 5.74) is 5.43. The fourth-order valence-corrected chi connectivity index (χ4v) is 4.31. The Balaban J connectivity index is 1.72. The van der Waals surface area contributed by atoms with Crippen LogP contribution in [-0.2, 0) is 24.2 Å². The summed E-state index contributed by atoms with van der Waals surface area (Å²) < 4.78 is 2.06. The molecule has 3 rings (SSSR count). The number of aryl methyl sites for hydroxylation is 2. The van der Waals surface area contributed by atoms with Gasteiger partial charge in [0.05, 0.1) is 5.75 Å². The van der Waals surface area contributed by atoms with E-state index in [0.29, 0.717) is 5.75 Å². The summed E-state index contributed by atoms with van der Waals surface area (Å²) in [5.74, 6) is 1.09. The molecule has 1 N–H and O–H groups in total. The maximum absolute atomic E-state index is 12.7. The van der Waals surface area contributed by atoms with Crippen LogP contribution in [0.3, 0.4) is 0 Å². The maximum Gasteiger partial charge on any atom is 0.234 e. The molecule has 0 saturated heterocycles. The molecule has 0 aliphatic heterocycles. The number of nitrogens with zero attached hydrogens (tertiary/aromatic N) is 4. The van der Waals surface area contributed by atoms with E-state index >= 15 is 0 Å². The Morgan fingerprint density at radius 1 is 1.00 bits per heavy atom. The van der Waals surface area contributed by atoms with Gasteiger partial charge in [-0.25, -0.2) is 0 Å². The number of aromatic nitrogens is 3. The zero-order chi connectivity index (χ0) is 22.4. The molecular weight excluding hydrogens is 406 g/mol. The lowest BCUT2D eigenvalue weighted by Crippen LogP contribution is -2.17. The highest BCUT2D eigenvalue weighted by atomic mass is 32.2. The summed E-state index contributed by atoms with van der Waals surface area (Å²) in [4.78, 5) is 14.8. The van der Waals surface area contributed by atoms with Gasteiger partial charge in [0.2, 0.25) is 5.91 Å². The zero-order valence-electron chi connectivity index (χ0n) is 19.0. The van der Waals surface area contributed by atoms with E-state index in [2.05, 4.69) is 88.2 Å². The molecule has 1 heterocycles. The Labute approximate surface area is 189 Å². The summed E-state index contributed by atoms with van der Waals surface area (Å²) in [5, 5.41) is 12.6. The first-order valence-corrected chi connectivity index (χ1v) is 11.7. The Morgan fingerprint density at radius 2 is 1.65 bits per heavy atom. The van der Waals surface area contributed by atoms with Crippen LogP contribution < -0.4 is 10.2 Å². The molecule has 0 unspecified atom stereocenters. The molecule has 0 radical (unpaired) electrons. The average molecular weight is 438 g/mol. The van der Waals surface area contributed by atoms with Crippen molar-refractivity contribution in [1.82, 2.24) is 14.8 Å². The van der Waals surface area contributed by atoms with Gasteiger partial charge in [-0.2, -0.15) is 0 Å². The number of nitrogens with one attached hydrogen (secondary N) is 1. The van der Waals surface area contributed by atoms with Gasteiger partial charge < -0.3 is 14.8 Å². The molecule has 3 aromatic rings. The van der Waals surface area contributed by atoms with Crippen LogP contribution in [0.1, 0.15) is 31.9 Å². The molecule has 0 bridgehead atoms. The summed E-state index contributed by atoms with van der Waals surface area (Å²) >= 11 is 1.42. The van der Waals surface area contributed by atoms with Crippen molar-refractivity contribution in [2.24, 2.45) is 0 Å². The van der Waals surface area contributed by atoms with Gasteiger partial charge in [0.1, 0.15) is 0 Å². The van der Waals surface area contributed by atoms with Crippen LogP contribution >= 0.6 is 11.8 Å². The summed E-state index contributed by atoms with van der Waals surface area (Å²) in [7, 11) is 4.04. The van der Waals surface area contributed by atoms with Gasteiger partial charge in [0, 0.05) is 37.6 Å². The van der Waals surface area contributed by atoms with E-state index in [1.165, 1.54) is 11.8 Å². The maximum atomic E-state index is 12.7. The molecule has 0 atom stereocenters. The van der Waals surface area contributed by atoms with E-state index in [0.717, 1.165) is 58.4 Å². The zero-order valence-corrected chi connectivity index (χ0v) is 19.8. The molecular formula is C24H31N5OS. The second-order valence-corrected chi connectivity index (χ2v) is 8.43. The van der Waals surface area contributed by atoms with Crippen molar-refractivity contribution in [3.8, 4) is 11.4 Å². The third-order valence-corrected chi connectivity index (χ3v) is 6.24. The first kappa shape index (κ1) is 22.9. The lowest BCUT2D eigenvalue weighted by molar-refractivity contribution is -0.113. The molecule has 0 aliphatic rings. The molecule has 0 fully saturated rings. The highest BCUT2D eigenvalue weighted by Crippen LogP contribution is 2.27. The first-order valence-electron chi connectivity index (χ1n) is 10.7. The van der Waals surface area contributed by atoms with Crippen LogP contribution in [0, 0.1) is 0 Å². The number of benzene rings is 2. The number of hydrogen-bond acceptors (Lipinski definition) is 5. The number of carbonyl (C=O) groups is 1. The number of thioether (sulfide) groups is 1. The predicted octanol–water partition coefficient (Wildman–Crippen LogP) is 4.89. The fourth-order valence-electron chi connectivity index (χ4n) is 3.51. The third kappa shape index (κ3) is 5.28. The topological polar surface area (TPSA) is 63.1 Å².